The number of ether oxygens (including phenoxy) is 1. The Bertz CT molecular complexity index is 367. The maximum Gasteiger partial charge on any atom is 0.240 e. The Hall–Kier alpha value is -1.08. The fourth-order valence-corrected chi connectivity index (χ4v) is 2.69. The van der Waals surface area contributed by atoms with Gasteiger partial charge in [0.2, 0.25) is 5.91 Å². The normalized spacial score (nSPS) is 25.3. The van der Waals surface area contributed by atoms with Gasteiger partial charge in [0.05, 0.1) is 12.2 Å². The molecule has 1 aliphatic carbocycles. The number of hydrogen-bond donors (Lipinski definition) is 1. The maximum atomic E-state index is 12.3. The van der Waals surface area contributed by atoms with E-state index < -0.39 is 5.41 Å². The highest BCUT2D eigenvalue weighted by Gasteiger charge is 2.51. The van der Waals surface area contributed by atoms with Gasteiger partial charge in [0.15, 0.2) is 0 Å². The van der Waals surface area contributed by atoms with Gasteiger partial charge in [-0.3, -0.25) is 4.79 Å². The fraction of sp³-hybridized carbons (Fsp3) is 0.867. The van der Waals surface area contributed by atoms with Gasteiger partial charge in [-0.05, 0) is 26.2 Å². The Labute approximate surface area is 116 Å². The van der Waals surface area contributed by atoms with Crippen molar-refractivity contribution in [2.75, 3.05) is 6.61 Å². The van der Waals surface area contributed by atoms with Gasteiger partial charge in [0.25, 0.3) is 0 Å². The number of nitrogens with one attached hydrogen (secondary N) is 1. The van der Waals surface area contributed by atoms with E-state index >= 15 is 0 Å². The molecule has 4 nitrogen and oxygen atoms in total. The zero-order chi connectivity index (χ0) is 14.7. The van der Waals surface area contributed by atoms with Gasteiger partial charge in [0.1, 0.15) is 5.41 Å². The van der Waals surface area contributed by atoms with Crippen molar-refractivity contribution in [3.8, 4) is 6.07 Å². The summed E-state index contributed by atoms with van der Waals surface area (Å²) in [6, 6.07) is 2.29. The summed E-state index contributed by atoms with van der Waals surface area (Å²) < 4.78 is 5.65. The van der Waals surface area contributed by atoms with Crippen LogP contribution in [0.15, 0.2) is 0 Å². The van der Waals surface area contributed by atoms with Crippen LogP contribution in [0.25, 0.3) is 0 Å². The van der Waals surface area contributed by atoms with Crippen molar-refractivity contribution in [2.45, 2.75) is 66.0 Å². The molecule has 1 rings (SSSR count). The lowest BCUT2D eigenvalue weighted by atomic mass is 9.64. The van der Waals surface area contributed by atoms with Crippen molar-refractivity contribution in [3.63, 3.8) is 0 Å². The van der Waals surface area contributed by atoms with Crippen molar-refractivity contribution >= 4 is 5.91 Å². The monoisotopic (exact) mass is 266 g/mol. The van der Waals surface area contributed by atoms with E-state index in [-0.39, 0.29) is 23.5 Å². The largest absolute Gasteiger partial charge is 0.378 e. The summed E-state index contributed by atoms with van der Waals surface area (Å²) in [7, 11) is 0. The number of carbonyl (C=O) groups excluding carboxylic acids is 1. The summed E-state index contributed by atoms with van der Waals surface area (Å²) in [5.74, 6) is -0.131. The van der Waals surface area contributed by atoms with Crippen molar-refractivity contribution in [1.82, 2.24) is 5.32 Å². The SMILES string of the molecule is CCOC1CC(NC(=O)C(C#N)(CC)CC)C1(C)C. The second kappa shape index (κ2) is 5.92. The van der Waals surface area contributed by atoms with Gasteiger partial charge in [-0.1, -0.05) is 27.7 Å². The standard InChI is InChI=1S/C15H26N2O2/c1-6-15(7-2,10-16)13(18)17-11-9-12(19-8-3)14(11,4)5/h11-12H,6-9H2,1-5H3,(H,17,18). The first-order chi connectivity index (χ1) is 8.87. The minimum Gasteiger partial charge on any atom is -0.378 e. The molecule has 108 valence electrons. The van der Waals surface area contributed by atoms with E-state index in [0.717, 1.165) is 6.42 Å². The first-order valence-corrected chi connectivity index (χ1v) is 7.21. The van der Waals surface area contributed by atoms with Crippen LogP contribution < -0.4 is 5.32 Å². The number of rotatable bonds is 6. The van der Waals surface area contributed by atoms with Gasteiger partial charge in [0, 0.05) is 18.1 Å². The molecule has 1 fully saturated rings. The Balaban J connectivity index is 2.68. The number of carbonyl (C=O) groups is 1. The molecule has 0 saturated heterocycles. The average Bonchev–Trinajstić information content (AvgIpc) is 2.40. The van der Waals surface area contributed by atoms with Crippen molar-refractivity contribution < 1.29 is 9.53 Å². The third-order valence-corrected chi connectivity index (χ3v) is 4.71. The van der Waals surface area contributed by atoms with Gasteiger partial charge in [-0.15, -0.1) is 0 Å². The second-order valence-corrected chi connectivity index (χ2v) is 5.93. The minimum atomic E-state index is -0.882. The lowest BCUT2D eigenvalue weighted by Crippen LogP contribution is -2.63. The van der Waals surface area contributed by atoms with E-state index in [1.54, 1.807) is 0 Å². The van der Waals surface area contributed by atoms with Crippen molar-refractivity contribution in [2.24, 2.45) is 10.8 Å². The molecule has 2 atom stereocenters. The minimum absolute atomic E-state index is 0.0612. The molecule has 19 heavy (non-hydrogen) atoms. The van der Waals surface area contributed by atoms with Crippen LogP contribution in [0.4, 0.5) is 0 Å². The third kappa shape index (κ3) is 2.76. The predicted molar refractivity (Wildman–Crippen MR) is 74.4 cm³/mol. The predicted octanol–water partition coefficient (Wildman–Crippen LogP) is 2.64. The van der Waals surface area contributed by atoms with E-state index in [1.165, 1.54) is 0 Å². The molecule has 1 saturated carbocycles. The summed E-state index contributed by atoms with van der Waals surface area (Å²) >= 11 is 0. The Morgan fingerprint density at radius 1 is 1.42 bits per heavy atom. The Morgan fingerprint density at radius 2 is 2.00 bits per heavy atom. The molecule has 0 aromatic heterocycles. The molecular weight excluding hydrogens is 240 g/mol. The van der Waals surface area contributed by atoms with Crippen LogP contribution in [0.5, 0.6) is 0 Å². The molecule has 1 amide bonds. The van der Waals surface area contributed by atoms with Crippen molar-refractivity contribution in [3.05, 3.63) is 0 Å². The van der Waals surface area contributed by atoms with Crippen LogP contribution in [-0.4, -0.2) is 24.7 Å². The van der Waals surface area contributed by atoms with Crippen LogP contribution in [0.1, 0.15) is 53.9 Å². The average molecular weight is 266 g/mol. The molecule has 0 radical (unpaired) electrons. The van der Waals surface area contributed by atoms with Gasteiger partial charge in [-0.25, -0.2) is 0 Å². The molecule has 4 heteroatoms. The summed E-state index contributed by atoms with van der Waals surface area (Å²) in [4.78, 5) is 12.3. The molecule has 0 spiro atoms. The summed E-state index contributed by atoms with van der Waals surface area (Å²) in [6.07, 6.45) is 2.13. The number of nitriles is 1. The topological polar surface area (TPSA) is 62.1 Å². The Morgan fingerprint density at radius 3 is 2.37 bits per heavy atom. The highest BCUT2D eigenvalue weighted by molar-refractivity contribution is 5.85. The second-order valence-electron chi connectivity index (χ2n) is 5.93. The van der Waals surface area contributed by atoms with E-state index in [1.807, 2.05) is 20.8 Å². The molecule has 0 heterocycles. The Kier molecular flexibility index (Phi) is 4.98. The van der Waals surface area contributed by atoms with E-state index in [0.29, 0.717) is 19.4 Å². The highest BCUT2D eigenvalue weighted by atomic mass is 16.5. The van der Waals surface area contributed by atoms with Crippen LogP contribution in [0, 0.1) is 22.2 Å². The van der Waals surface area contributed by atoms with Crippen LogP contribution in [0.2, 0.25) is 0 Å². The van der Waals surface area contributed by atoms with Gasteiger partial charge in [-0.2, -0.15) is 5.26 Å². The summed E-state index contributed by atoms with van der Waals surface area (Å²) in [5.41, 5.74) is -0.943. The third-order valence-electron chi connectivity index (χ3n) is 4.71. The van der Waals surface area contributed by atoms with Crippen LogP contribution in [0.3, 0.4) is 0 Å². The molecular formula is C15H26N2O2. The van der Waals surface area contributed by atoms with Crippen LogP contribution >= 0.6 is 0 Å². The van der Waals surface area contributed by atoms with E-state index in [4.69, 9.17) is 4.74 Å². The van der Waals surface area contributed by atoms with E-state index in [9.17, 15) is 10.1 Å². The zero-order valence-electron chi connectivity index (χ0n) is 12.7. The van der Waals surface area contributed by atoms with Gasteiger partial charge >= 0.3 is 0 Å². The van der Waals surface area contributed by atoms with Gasteiger partial charge < -0.3 is 10.1 Å². The molecule has 0 aliphatic heterocycles. The molecule has 0 bridgehead atoms. The number of nitrogens with zero attached hydrogens (tertiary/aromatic N) is 1. The number of amides is 1. The smallest absolute Gasteiger partial charge is 0.240 e. The lowest BCUT2D eigenvalue weighted by Gasteiger charge is -2.52. The number of hydrogen-bond acceptors (Lipinski definition) is 3. The van der Waals surface area contributed by atoms with E-state index in [2.05, 4.69) is 25.2 Å². The maximum absolute atomic E-state index is 12.3. The fourth-order valence-electron chi connectivity index (χ4n) is 2.69. The molecule has 2 unspecified atom stereocenters. The van der Waals surface area contributed by atoms with Crippen LogP contribution in [-0.2, 0) is 9.53 Å². The first kappa shape index (κ1) is 16.0. The molecule has 1 N–H and O–H groups in total. The molecule has 1 aliphatic rings. The highest BCUT2D eigenvalue weighted by Crippen LogP contribution is 2.43. The van der Waals surface area contributed by atoms with Crippen molar-refractivity contribution in [1.29, 1.82) is 5.26 Å². The molecule has 0 aromatic carbocycles. The summed E-state index contributed by atoms with van der Waals surface area (Å²) in [6.45, 7) is 10.7. The molecule has 0 aromatic rings. The quantitative estimate of drug-likeness (QED) is 0.804. The summed E-state index contributed by atoms with van der Waals surface area (Å²) in [5, 5.41) is 12.3. The lowest BCUT2D eigenvalue weighted by molar-refractivity contribution is -0.142. The zero-order valence-corrected chi connectivity index (χ0v) is 12.7. The first-order valence-electron chi connectivity index (χ1n) is 7.21.